The Kier molecular flexibility index (Phi) is 3.95. The molecule has 3 heteroatoms. The number of ether oxygens (including phenoxy) is 2. The molecular weight excluding hydrogens is 240 g/mol. The second-order valence-corrected chi connectivity index (χ2v) is 5.89. The Hall–Kier alpha value is -1.35. The molecule has 0 bridgehead atoms. The zero-order valence-corrected chi connectivity index (χ0v) is 12.2. The van der Waals surface area contributed by atoms with Crippen molar-refractivity contribution in [2.45, 2.75) is 52.2 Å². The van der Waals surface area contributed by atoms with Gasteiger partial charge in [0.2, 0.25) is 0 Å². The van der Waals surface area contributed by atoms with Gasteiger partial charge in [0.05, 0.1) is 11.7 Å². The molecule has 0 spiro atoms. The van der Waals surface area contributed by atoms with Gasteiger partial charge >= 0.3 is 0 Å². The standard InChI is InChI=1S/C16H22O3/c1-11-9-13(12(2)17)5-6-15(11)18-10-14-7-8-16(3,4)19-14/h5-6,9,14H,7-8,10H2,1-4H3. The maximum absolute atomic E-state index is 11.3. The lowest BCUT2D eigenvalue weighted by molar-refractivity contribution is -0.0327. The third kappa shape index (κ3) is 3.57. The van der Waals surface area contributed by atoms with Crippen LogP contribution in [-0.2, 0) is 4.74 Å². The molecule has 1 heterocycles. The molecule has 0 amide bonds. The van der Waals surface area contributed by atoms with Gasteiger partial charge in [-0.15, -0.1) is 0 Å². The maximum atomic E-state index is 11.3. The summed E-state index contributed by atoms with van der Waals surface area (Å²) in [5.74, 6) is 0.911. The Bertz CT molecular complexity index is 477. The van der Waals surface area contributed by atoms with Crippen LogP contribution in [0.15, 0.2) is 18.2 Å². The van der Waals surface area contributed by atoms with E-state index in [0.717, 1.165) is 29.7 Å². The highest BCUT2D eigenvalue weighted by molar-refractivity contribution is 5.94. The van der Waals surface area contributed by atoms with Gasteiger partial charge in [0.25, 0.3) is 0 Å². The number of aryl methyl sites for hydroxylation is 1. The van der Waals surface area contributed by atoms with Gasteiger partial charge in [0.15, 0.2) is 5.78 Å². The summed E-state index contributed by atoms with van der Waals surface area (Å²) in [5, 5.41) is 0. The van der Waals surface area contributed by atoms with Gasteiger partial charge in [0, 0.05) is 5.56 Å². The molecule has 1 aromatic carbocycles. The van der Waals surface area contributed by atoms with Crippen molar-refractivity contribution >= 4 is 5.78 Å². The average Bonchev–Trinajstić information content (AvgIpc) is 2.67. The van der Waals surface area contributed by atoms with Crippen LogP contribution in [0.1, 0.15) is 49.5 Å². The molecule has 0 N–H and O–H groups in total. The highest BCUT2D eigenvalue weighted by Gasteiger charge is 2.31. The van der Waals surface area contributed by atoms with Crippen molar-refractivity contribution in [1.82, 2.24) is 0 Å². The molecule has 0 aliphatic carbocycles. The molecule has 104 valence electrons. The first-order valence-electron chi connectivity index (χ1n) is 6.79. The van der Waals surface area contributed by atoms with Crippen LogP contribution in [0.3, 0.4) is 0 Å². The fourth-order valence-electron chi connectivity index (χ4n) is 2.41. The summed E-state index contributed by atoms with van der Waals surface area (Å²) in [4.78, 5) is 11.3. The quantitative estimate of drug-likeness (QED) is 0.779. The van der Waals surface area contributed by atoms with Crippen LogP contribution in [0.4, 0.5) is 0 Å². The Morgan fingerprint density at radius 2 is 2.21 bits per heavy atom. The first-order chi connectivity index (χ1) is 8.87. The summed E-state index contributed by atoms with van der Waals surface area (Å²) in [6.07, 6.45) is 2.28. The van der Waals surface area contributed by atoms with Crippen LogP contribution in [0.5, 0.6) is 5.75 Å². The summed E-state index contributed by atoms with van der Waals surface area (Å²) < 4.78 is 11.7. The maximum Gasteiger partial charge on any atom is 0.159 e. The molecule has 1 fully saturated rings. The minimum atomic E-state index is -0.0262. The van der Waals surface area contributed by atoms with E-state index in [1.807, 2.05) is 25.1 Å². The van der Waals surface area contributed by atoms with E-state index in [0.29, 0.717) is 6.61 Å². The molecule has 1 unspecified atom stereocenters. The van der Waals surface area contributed by atoms with Crippen molar-refractivity contribution in [1.29, 1.82) is 0 Å². The predicted octanol–water partition coefficient (Wildman–Crippen LogP) is 3.53. The second-order valence-electron chi connectivity index (χ2n) is 5.89. The molecule has 0 radical (unpaired) electrons. The van der Waals surface area contributed by atoms with Gasteiger partial charge in [-0.1, -0.05) is 0 Å². The van der Waals surface area contributed by atoms with E-state index in [4.69, 9.17) is 9.47 Å². The summed E-state index contributed by atoms with van der Waals surface area (Å²) in [6, 6.07) is 5.55. The normalized spacial score (nSPS) is 21.4. The number of rotatable bonds is 4. The van der Waals surface area contributed by atoms with Crippen LogP contribution < -0.4 is 4.74 Å². The van der Waals surface area contributed by atoms with E-state index >= 15 is 0 Å². The molecule has 1 aliphatic heterocycles. The number of Topliss-reactive ketones (excluding diaryl/α,β-unsaturated/α-hetero) is 1. The lowest BCUT2D eigenvalue weighted by atomic mass is 10.1. The van der Waals surface area contributed by atoms with Crippen LogP contribution >= 0.6 is 0 Å². The second kappa shape index (κ2) is 5.33. The predicted molar refractivity (Wildman–Crippen MR) is 74.9 cm³/mol. The zero-order valence-electron chi connectivity index (χ0n) is 12.2. The minimum Gasteiger partial charge on any atom is -0.491 e. The smallest absolute Gasteiger partial charge is 0.159 e. The molecule has 1 saturated heterocycles. The summed E-state index contributed by atoms with van der Waals surface area (Å²) >= 11 is 0. The van der Waals surface area contributed by atoms with Crippen molar-refractivity contribution in [3.63, 3.8) is 0 Å². The van der Waals surface area contributed by atoms with Crippen LogP contribution in [0, 0.1) is 6.92 Å². The molecular formula is C16H22O3. The largest absolute Gasteiger partial charge is 0.491 e. The van der Waals surface area contributed by atoms with Crippen LogP contribution in [0.25, 0.3) is 0 Å². The summed E-state index contributed by atoms with van der Waals surface area (Å²) in [7, 11) is 0. The summed E-state index contributed by atoms with van der Waals surface area (Å²) in [6.45, 7) is 8.33. The van der Waals surface area contributed by atoms with E-state index in [-0.39, 0.29) is 17.5 Å². The van der Waals surface area contributed by atoms with Crippen molar-refractivity contribution < 1.29 is 14.3 Å². The van der Waals surface area contributed by atoms with Gasteiger partial charge in [-0.25, -0.2) is 0 Å². The van der Waals surface area contributed by atoms with Gasteiger partial charge in [-0.05, 0) is 64.3 Å². The van der Waals surface area contributed by atoms with Crippen molar-refractivity contribution in [3.8, 4) is 5.75 Å². The molecule has 2 rings (SSSR count). The highest BCUT2D eigenvalue weighted by Crippen LogP contribution is 2.30. The first-order valence-corrected chi connectivity index (χ1v) is 6.79. The Balaban J connectivity index is 1.95. The molecule has 0 saturated carbocycles. The lowest BCUT2D eigenvalue weighted by Crippen LogP contribution is -2.24. The van der Waals surface area contributed by atoms with Crippen LogP contribution in [0.2, 0.25) is 0 Å². The third-order valence-corrected chi connectivity index (χ3v) is 3.56. The molecule has 3 nitrogen and oxygen atoms in total. The number of hydrogen-bond donors (Lipinski definition) is 0. The van der Waals surface area contributed by atoms with E-state index < -0.39 is 0 Å². The fourth-order valence-corrected chi connectivity index (χ4v) is 2.41. The first kappa shape index (κ1) is 14.1. The average molecular weight is 262 g/mol. The minimum absolute atomic E-state index is 0.0262. The zero-order chi connectivity index (χ0) is 14.0. The SMILES string of the molecule is CC(=O)c1ccc(OCC2CCC(C)(C)O2)c(C)c1. The Labute approximate surface area is 114 Å². The molecule has 1 atom stereocenters. The number of carbonyl (C=O) groups excluding carboxylic acids is 1. The van der Waals surface area contributed by atoms with Crippen molar-refractivity contribution in [2.24, 2.45) is 0 Å². The molecule has 19 heavy (non-hydrogen) atoms. The van der Waals surface area contributed by atoms with Gasteiger partial charge in [-0.3, -0.25) is 4.79 Å². The Morgan fingerprint density at radius 3 is 2.74 bits per heavy atom. The topological polar surface area (TPSA) is 35.5 Å². The third-order valence-electron chi connectivity index (χ3n) is 3.56. The van der Waals surface area contributed by atoms with E-state index in [1.54, 1.807) is 6.92 Å². The van der Waals surface area contributed by atoms with Gasteiger partial charge in [0.1, 0.15) is 12.4 Å². The molecule has 1 aromatic rings. The molecule has 0 aromatic heterocycles. The van der Waals surface area contributed by atoms with E-state index in [1.165, 1.54) is 0 Å². The lowest BCUT2D eigenvalue weighted by Gasteiger charge is -2.20. The fraction of sp³-hybridized carbons (Fsp3) is 0.562. The highest BCUT2D eigenvalue weighted by atomic mass is 16.6. The van der Waals surface area contributed by atoms with Gasteiger partial charge < -0.3 is 9.47 Å². The van der Waals surface area contributed by atoms with E-state index in [2.05, 4.69) is 13.8 Å². The van der Waals surface area contributed by atoms with Crippen molar-refractivity contribution in [2.75, 3.05) is 6.61 Å². The number of hydrogen-bond acceptors (Lipinski definition) is 3. The van der Waals surface area contributed by atoms with E-state index in [9.17, 15) is 4.79 Å². The number of carbonyl (C=O) groups is 1. The summed E-state index contributed by atoms with van der Waals surface area (Å²) in [5.41, 5.74) is 1.69. The van der Waals surface area contributed by atoms with Crippen molar-refractivity contribution in [3.05, 3.63) is 29.3 Å². The Morgan fingerprint density at radius 1 is 1.47 bits per heavy atom. The van der Waals surface area contributed by atoms with Crippen LogP contribution in [-0.4, -0.2) is 24.1 Å². The monoisotopic (exact) mass is 262 g/mol. The molecule has 1 aliphatic rings. The number of ketones is 1. The number of benzene rings is 1. The van der Waals surface area contributed by atoms with Gasteiger partial charge in [-0.2, -0.15) is 0 Å².